The Bertz CT molecular complexity index is 491. The van der Waals surface area contributed by atoms with Gasteiger partial charge in [-0.3, -0.25) is 4.68 Å². The van der Waals surface area contributed by atoms with Crippen LogP contribution in [0.4, 0.5) is 5.69 Å². The fourth-order valence-corrected chi connectivity index (χ4v) is 1.89. The van der Waals surface area contributed by atoms with E-state index in [2.05, 4.69) is 26.9 Å². The van der Waals surface area contributed by atoms with Gasteiger partial charge < -0.3 is 14.6 Å². The molecule has 0 bridgehead atoms. The maximum Gasteiger partial charge on any atom is 0.0948 e. The average molecular weight is 263 g/mol. The molecule has 2 aromatic rings. The molecule has 0 spiro atoms. The number of ether oxygens (including phenoxy) is 1. The SMILES string of the molecule is CCCn1cncc1CNc1cnn(CCOC)c1. The van der Waals surface area contributed by atoms with Gasteiger partial charge in [0, 0.05) is 26.0 Å². The fraction of sp³-hybridized carbons (Fsp3) is 0.538. The summed E-state index contributed by atoms with van der Waals surface area (Å²) < 4.78 is 9.06. The minimum absolute atomic E-state index is 0.671. The van der Waals surface area contributed by atoms with Crippen molar-refractivity contribution in [3.8, 4) is 0 Å². The van der Waals surface area contributed by atoms with E-state index in [1.807, 2.05) is 29.6 Å². The third-order valence-corrected chi connectivity index (χ3v) is 2.89. The summed E-state index contributed by atoms with van der Waals surface area (Å²) in [5, 5.41) is 7.62. The molecule has 2 rings (SSSR count). The van der Waals surface area contributed by atoms with Gasteiger partial charge in [0.05, 0.1) is 43.6 Å². The van der Waals surface area contributed by atoms with E-state index >= 15 is 0 Å². The third kappa shape index (κ3) is 3.82. The summed E-state index contributed by atoms with van der Waals surface area (Å²) >= 11 is 0. The first kappa shape index (κ1) is 13.6. The fourth-order valence-electron chi connectivity index (χ4n) is 1.89. The molecule has 0 aromatic carbocycles. The van der Waals surface area contributed by atoms with Crippen LogP contribution in [0.1, 0.15) is 19.0 Å². The zero-order valence-electron chi connectivity index (χ0n) is 11.5. The molecule has 19 heavy (non-hydrogen) atoms. The molecule has 0 fully saturated rings. The van der Waals surface area contributed by atoms with Crippen molar-refractivity contribution in [1.29, 1.82) is 0 Å². The van der Waals surface area contributed by atoms with Crippen LogP contribution in [0.25, 0.3) is 0 Å². The second kappa shape index (κ2) is 6.94. The average Bonchev–Trinajstić information content (AvgIpc) is 3.03. The van der Waals surface area contributed by atoms with Gasteiger partial charge in [-0.25, -0.2) is 4.98 Å². The van der Waals surface area contributed by atoms with E-state index < -0.39 is 0 Å². The summed E-state index contributed by atoms with van der Waals surface area (Å²) in [5.41, 5.74) is 2.20. The van der Waals surface area contributed by atoms with Crippen molar-refractivity contribution in [3.63, 3.8) is 0 Å². The Morgan fingerprint density at radius 2 is 2.21 bits per heavy atom. The number of anilines is 1. The molecule has 0 radical (unpaired) electrons. The molecule has 104 valence electrons. The predicted octanol–water partition coefficient (Wildman–Crippen LogP) is 1.75. The molecule has 0 saturated heterocycles. The van der Waals surface area contributed by atoms with Gasteiger partial charge in [0.15, 0.2) is 0 Å². The molecule has 0 aliphatic heterocycles. The molecule has 0 unspecified atom stereocenters. The molecule has 2 heterocycles. The zero-order valence-corrected chi connectivity index (χ0v) is 11.5. The summed E-state index contributed by atoms with van der Waals surface area (Å²) in [6.45, 7) is 5.37. The molecule has 0 aliphatic rings. The van der Waals surface area contributed by atoms with Gasteiger partial charge in [0.1, 0.15) is 0 Å². The van der Waals surface area contributed by atoms with Gasteiger partial charge in [-0.2, -0.15) is 5.10 Å². The Hall–Kier alpha value is -1.82. The number of hydrogen-bond donors (Lipinski definition) is 1. The summed E-state index contributed by atoms with van der Waals surface area (Å²) in [7, 11) is 1.69. The Balaban J connectivity index is 1.87. The van der Waals surface area contributed by atoms with E-state index in [-0.39, 0.29) is 0 Å². The molecule has 6 heteroatoms. The summed E-state index contributed by atoms with van der Waals surface area (Å²) in [6, 6.07) is 0. The van der Waals surface area contributed by atoms with Crippen LogP contribution < -0.4 is 5.32 Å². The van der Waals surface area contributed by atoms with Crippen molar-refractivity contribution >= 4 is 5.69 Å². The lowest BCUT2D eigenvalue weighted by Gasteiger charge is -2.07. The van der Waals surface area contributed by atoms with Crippen molar-refractivity contribution in [3.05, 3.63) is 30.6 Å². The lowest BCUT2D eigenvalue weighted by atomic mass is 10.4. The van der Waals surface area contributed by atoms with Crippen LogP contribution in [-0.4, -0.2) is 33.0 Å². The number of methoxy groups -OCH3 is 1. The second-order valence-electron chi connectivity index (χ2n) is 4.42. The lowest BCUT2D eigenvalue weighted by Crippen LogP contribution is -2.07. The monoisotopic (exact) mass is 263 g/mol. The molecule has 1 N–H and O–H groups in total. The number of imidazole rings is 1. The normalized spacial score (nSPS) is 10.8. The van der Waals surface area contributed by atoms with Crippen LogP contribution >= 0.6 is 0 Å². The molecule has 0 atom stereocenters. The number of aryl methyl sites for hydroxylation is 1. The largest absolute Gasteiger partial charge is 0.383 e. The lowest BCUT2D eigenvalue weighted by molar-refractivity contribution is 0.183. The highest BCUT2D eigenvalue weighted by molar-refractivity contribution is 5.38. The summed E-state index contributed by atoms with van der Waals surface area (Å²) in [6.07, 6.45) is 8.70. The maximum absolute atomic E-state index is 5.02. The molecule has 2 aromatic heterocycles. The molecule has 0 aliphatic carbocycles. The zero-order chi connectivity index (χ0) is 13.5. The highest BCUT2D eigenvalue weighted by Gasteiger charge is 2.02. The van der Waals surface area contributed by atoms with E-state index in [9.17, 15) is 0 Å². The van der Waals surface area contributed by atoms with Crippen LogP contribution in [0.3, 0.4) is 0 Å². The van der Waals surface area contributed by atoms with Gasteiger partial charge in [0.25, 0.3) is 0 Å². The Morgan fingerprint density at radius 1 is 1.32 bits per heavy atom. The first-order valence-corrected chi connectivity index (χ1v) is 6.57. The minimum Gasteiger partial charge on any atom is -0.383 e. The van der Waals surface area contributed by atoms with E-state index in [4.69, 9.17) is 4.74 Å². The number of nitrogens with zero attached hydrogens (tertiary/aromatic N) is 4. The van der Waals surface area contributed by atoms with Crippen LogP contribution in [-0.2, 0) is 24.4 Å². The Kier molecular flexibility index (Phi) is 4.97. The number of nitrogens with one attached hydrogen (secondary N) is 1. The van der Waals surface area contributed by atoms with Gasteiger partial charge >= 0.3 is 0 Å². The van der Waals surface area contributed by atoms with Gasteiger partial charge in [-0.15, -0.1) is 0 Å². The second-order valence-corrected chi connectivity index (χ2v) is 4.42. The van der Waals surface area contributed by atoms with E-state index in [0.717, 1.165) is 31.7 Å². The summed E-state index contributed by atoms with van der Waals surface area (Å²) in [4.78, 5) is 4.18. The summed E-state index contributed by atoms with van der Waals surface area (Å²) in [5.74, 6) is 0. The molecule has 0 saturated carbocycles. The molecule has 6 nitrogen and oxygen atoms in total. The Morgan fingerprint density at radius 3 is 3.00 bits per heavy atom. The van der Waals surface area contributed by atoms with Crippen LogP contribution in [0.5, 0.6) is 0 Å². The molecule has 0 amide bonds. The van der Waals surface area contributed by atoms with Gasteiger partial charge in [-0.05, 0) is 6.42 Å². The number of rotatable bonds is 8. The van der Waals surface area contributed by atoms with Crippen LogP contribution in [0.2, 0.25) is 0 Å². The van der Waals surface area contributed by atoms with Crippen LogP contribution in [0.15, 0.2) is 24.9 Å². The highest BCUT2D eigenvalue weighted by atomic mass is 16.5. The highest BCUT2D eigenvalue weighted by Crippen LogP contribution is 2.08. The standard InChI is InChI=1S/C13H21N5O/c1-3-4-17-11-14-8-13(17)9-15-12-7-16-18(10-12)5-6-19-2/h7-8,10-11,15H,3-6,9H2,1-2H3. The van der Waals surface area contributed by atoms with Crippen molar-refractivity contribution in [2.24, 2.45) is 0 Å². The predicted molar refractivity (Wildman–Crippen MR) is 73.9 cm³/mol. The van der Waals surface area contributed by atoms with Crippen LogP contribution in [0, 0.1) is 0 Å². The van der Waals surface area contributed by atoms with E-state index in [1.54, 1.807) is 7.11 Å². The number of aromatic nitrogens is 4. The third-order valence-electron chi connectivity index (χ3n) is 2.89. The molecular formula is C13H21N5O. The smallest absolute Gasteiger partial charge is 0.0948 e. The van der Waals surface area contributed by atoms with Crippen molar-refractivity contribution in [2.45, 2.75) is 33.0 Å². The van der Waals surface area contributed by atoms with Gasteiger partial charge in [0.2, 0.25) is 0 Å². The Labute approximate surface area is 113 Å². The first-order valence-electron chi connectivity index (χ1n) is 6.57. The van der Waals surface area contributed by atoms with Crippen molar-refractivity contribution < 1.29 is 4.74 Å². The molecular weight excluding hydrogens is 242 g/mol. The quantitative estimate of drug-likeness (QED) is 0.788. The minimum atomic E-state index is 0.671. The first-order chi connectivity index (χ1) is 9.33. The van der Waals surface area contributed by atoms with Crippen molar-refractivity contribution in [2.75, 3.05) is 19.0 Å². The van der Waals surface area contributed by atoms with Gasteiger partial charge in [-0.1, -0.05) is 6.92 Å². The number of hydrogen-bond acceptors (Lipinski definition) is 4. The van der Waals surface area contributed by atoms with Crippen molar-refractivity contribution in [1.82, 2.24) is 19.3 Å². The van der Waals surface area contributed by atoms with E-state index in [0.29, 0.717) is 6.61 Å². The van der Waals surface area contributed by atoms with E-state index in [1.165, 1.54) is 5.69 Å². The topological polar surface area (TPSA) is 56.9 Å². The maximum atomic E-state index is 5.02.